The predicted molar refractivity (Wildman–Crippen MR) is 100 cm³/mol. The van der Waals surface area contributed by atoms with Crippen LogP contribution in [-0.4, -0.2) is 44.6 Å². The van der Waals surface area contributed by atoms with Crippen LogP contribution in [0.2, 0.25) is 0 Å². The molecule has 6 nitrogen and oxygen atoms in total. The molecule has 29 heavy (non-hydrogen) atoms. The molecule has 2 heterocycles. The van der Waals surface area contributed by atoms with Gasteiger partial charge in [0, 0.05) is 37.0 Å². The molecule has 0 radical (unpaired) electrons. The number of carbonyl (C=O) groups is 1. The zero-order chi connectivity index (χ0) is 21.4. The number of nitrogens with zero attached hydrogens (tertiary/aromatic N) is 2. The minimum Gasteiger partial charge on any atom is -0.472 e. The number of rotatable bonds is 5. The number of hydrogen-bond donors (Lipinski definition) is 0. The smallest absolute Gasteiger partial charge is 0.417 e. The molecule has 3 rings (SSSR count). The number of halogens is 3. The Morgan fingerprint density at radius 1 is 1.24 bits per heavy atom. The van der Waals surface area contributed by atoms with E-state index in [1.165, 1.54) is 25.1 Å². The van der Waals surface area contributed by atoms with Crippen molar-refractivity contribution >= 4 is 21.3 Å². The molecular weight excluding hydrogens is 409 g/mol. The van der Waals surface area contributed by atoms with Crippen molar-refractivity contribution in [3.63, 3.8) is 0 Å². The number of aromatic nitrogens is 1. The first-order valence-electron chi connectivity index (χ1n) is 8.75. The Kier molecular flexibility index (Phi) is 5.57. The summed E-state index contributed by atoms with van der Waals surface area (Å²) in [5.74, 6) is -0.127. The molecule has 0 amide bonds. The Bertz CT molecular complexity index is 1020. The minimum absolute atomic E-state index is 0.0608. The molecule has 0 bridgehead atoms. The number of ketones is 1. The molecule has 10 heteroatoms. The zero-order valence-corrected chi connectivity index (χ0v) is 16.5. The number of pyridine rings is 1. The fraction of sp³-hybridized carbons (Fsp3) is 0.368. The van der Waals surface area contributed by atoms with Crippen LogP contribution in [-0.2, 0) is 16.0 Å². The summed E-state index contributed by atoms with van der Waals surface area (Å²) in [5.41, 5.74) is -0.0652. The molecule has 1 aliphatic heterocycles. The van der Waals surface area contributed by atoms with Gasteiger partial charge in [0.05, 0.1) is 22.7 Å². The molecule has 0 aliphatic carbocycles. The van der Waals surface area contributed by atoms with Gasteiger partial charge in [-0.05, 0) is 31.2 Å². The second kappa shape index (κ2) is 7.66. The number of benzene rings is 1. The molecule has 1 unspecified atom stereocenters. The molecular formula is C19H19F3N2O4S. The van der Waals surface area contributed by atoms with Crippen molar-refractivity contribution in [1.29, 1.82) is 0 Å². The van der Waals surface area contributed by atoms with Crippen LogP contribution in [0, 0.1) is 0 Å². The lowest BCUT2D eigenvalue weighted by Gasteiger charge is -2.22. The maximum absolute atomic E-state index is 12.6. The average molecular weight is 428 g/mol. The fourth-order valence-corrected chi connectivity index (χ4v) is 4.01. The molecule has 1 aromatic heterocycles. The van der Waals surface area contributed by atoms with E-state index in [0.717, 1.165) is 18.4 Å². The zero-order valence-electron chi connectivity index (χ0n) is 15.7. The summed E-state index contributed by atoms with van der Waals surface area (Å²) in [5, 5.41) is 0. The van der Waals surface area contributed by atoms with Gasteiger partial charge in [0.25, 0.3) is 0 Å². The van der Waals surface area contributed by atoms with Crippen LogP contribution in [0.4, 0.5) is 18.9 Å². The lowest BCUT2D eigenvalue weighted by Crippen LogP contribution is -2.26. The van der Waals surface area contributed by atoms with Gasteiger partial charge in [-0.3, -0.25) is 4.79 Å². The van der Waals surface area contributed by atoms with E-state index in [0.29, 0.717) is 37.0 Å². The van der Waals surface area contributed by atoms with E-state index in [9.17, 15) is 26.4 Å². The Balaban J connectivity index is 1.78. The molecule has 0 saturated carbocycles. The number of ether oxygens (including phenoxy) is 1. The first kappa shape index (κ1) is 21.1. The Morgan fingerprint density at radius 3 is 2.52 bits per heavy atom. The third-order valence-electron chi connectivity index (χ3n) is 4.60. The van der Waals surface area contributed by atoms with Crippen molar-refractivity contribution in [3.8, 4) is 5.88 Å². The highest BCUT2D eigenvalue weighted by atomic mass is 32.2. The number of Topliss-reactive ketones (excluding diaryl/α,β-unsaturated/α-hetero) is 1. The van der Waals surface area contributed by atoms with Crippen molar-refractivity contribution in [3.05, 3.63) is 47.7 Å². The van der Waals surface area contributed by atoms with Crippen LogP contribution in [0.3, 0.4) is 0 Å². The van der Waals surface area contributed by atoms with Gasteiger partial charge >= 0.3 is 6.18 Å². The van der Waals surface area contributed by atoms with Gasteiger partial charge < -0.3 is 9.64 Å². The Morgan fingerprint density at radius 2 is 1.97 bits per heavy atom. The van der Waals surface area contributed by atoms with E-state index >= 15 is 0 Å². The first-order chi connectivity index (χ1) is 13.4. The summed E-state index contributed by atoms with van der Waals surface area (Å²) in [6.45, 7) is 2.17. The van der Waals surface area contributed by atoms with E-state index in [4.69, 9.17) is 4.74 Å². The number of anilines is 1. The number of alkyl halides is 3. The third-order valence-corrected chi connectivity index (χ3v) is 5.75. The van der Waals surface area contributed by atoms with E-state index in [1.807, 2.05) is 0 Å². The summed E-state index contributed by atoms with van der Waals surface area (Å²) in [4.78, 5) is 17.3. The molecule has 1 aromatic carbocycles. The van der Waals surface area contributed by atoms with Crippen LogP contribution in [0.25, 0.3) is 0 Å². The Hall–Kier alpha value is -2.62. The van der Waals surface area contributed by atoms with Crippen molar-refractivity contribution in [2.24, 2.45) is 0 Å². The van der Waals surface area contributed by atoms with Crippen LogP contribution in [0.15, 0.2) is 41.4 Å². The Labute approximate surface area is 166 Å². The molecule has 1 fully saturated rings. The molecule has 0 spiro atoms. The highest BCUT2D eigenvalue weighted by Gasteiger charge is 2.32. The van der Waals surface area contributed by atoms with Crippen molar-refractivity contribution in [2.75, 3.05) is 24.2 Å². The standard InChI is InChI=1S/C19H19F3N2O4S/c1-12(25)13-3-5-17(29(2,26)27)16(9-13)24-8-7-15(11-24)28-18-6-4-14(10-23-18)19(20,21)22/h3-6,9-10,15H,7-8,11H2,1-2H3. The van der Waals surface area contributed by atoms with Gasteiger partial charge in [0.1, 0.15) is 6.10 Å². The molecule has 1 aliphatic rings. The quantitative estimate of drug-likeness (QED) is 0.680. The minimum atomic E-state index is -4.47. The first-order valence-corrected chi connectivity index (χ1v) is 10.6. The van der Waals surface area contributed by atoms with Gasteiger partial charge in [-0.2, -0.15) is 13.2 Å². The molecule has 1 atom stereocenters. The summed E-state index contributed by atoms with van der Waals surface area (Å²) in [6, 6.07) is 6.47. The van der Waals surface area contributed by atoms with Crippen molar-refractivity contribution < 1.29 is 31.1 Å². The largest absolute Gasteiger partial charge is 0.472 e. The van der Waals surface area contributed by atoms with Crippen LogP contribution in [0.1, 0.15) is 29.3 Å². The summed E-state index contributed by atoms with van der Waals surface area (Å²) in [6.07, 6.45) is -2.53. The summed E-state index contributed by atoms with van der Waals surface area (Å²) in [7, 11) is -3.52. The summed E-state index contributed by atoms with van der Waals surface area (Å²) >= 11 is 0. The van der Waals surface area contributed by atoms with Crippen LogP contribution >= 0.6 is 0 Å². The lowest BCUT2D eigenvalue weighted by atomic mass is 10.1. The maximum atomic E-state index is 12.6. The molecule has 1 saturated heterocycles. The molecule has 156 valence electrons. The second-order valence-corrected chi connectivity index (χ2v) is 8.85. The van der Waals surface area contributed by atoms with E-state index in [-0.39, 0.29) is 22.7 Å². The highest BCUT2D eigenvalue weighted by molar-refractivity contribution is 7.90. The van der Waals surface area contributed by atoms with Gasteiger partial charge in [0.2, 0.25) is 5.88 Å². The third kappa shape index (κ3) is 4.87. The monoisotopic (exact) mass is 428 g/mol. The number of hydrogen-bond acceptors (Lipinski definition) is 6. The highest BCUT2D eigenvalue weighted by Crippen LogP contribution is 2.32. The second-order valence-electron chi connectivity index (χ2n) is 6.87. The van der Waals surface area contributed by atoms with Crippen molar-refractivity contribution in [2.45, 2.75) is 30.5 Å². The van der Waals surface area contributed by atoms with Gasteiger partial charge in [-0.15, -0.1) is 0 Å². The van der Waals surface area contributed by atoms with Crippen LogP contribution < -0.4 is 9.64 Å². The van der Waals surface area contributed by atoms with E-state index in [1.54, 1.807) is 4.90 Å². The van der Waals surface area contributed by atoms with Crippen LogP contribution in [0.5, 0.6) is 5.88 Å². The van der Waals surface area contributed by atoms with E-state index in [2.05, 4.69) is 4.98 Å². The SMILES string of the molecule is CC(=O)c1ccc(S(C)(=O)=O)c(N2CCC(Oc3ccc(C(F)(F)F)cn3)C2)c1. The van der Waals surface area contributed by atoms with Gasteiger partial charge in [-0.1, -0.05) is 0 Å². The van der Waals surface area contributed by atoms with Gasteiger partial charge in [0.15, 0.2) is 15.6 Å². The number of sulfone groups is 1. The number of carbonyl (C=O) groups excluding carboxylic acids is 1. The van der Waals surface area contributed by atoms with E-state index < -0.39 is 21.6 Å². The molecule has 0 N–H and O–H groups in total. The predicted octanol–water partition coefficient (Wildman–Crippen LogP) is 3.36. The van der Waals surface area contributed by atoms with Gasteiger partial charge in [-0.25, -0.2) is 13.4 Å². The topological polar surface area (TPSA) is 76.6 Å². The normalized spacial score (nSPS) is 17.4. The average Bonchev–Trinajstić information content (AvgIpc) is 3.08. The lowest BCUT2D eigenvalue weighted by molar-refractivity contribution is -0.137. The fourth-order valence-electron chi connectivity index (χ4n) is 3.13. The van der Waals surface area contributed by atoms with Crippen molar-refractivity contribution in [1.82, 2.24) is 4.98 Å². The summed E-state index contributed by atoms with van der Waals surface area (Å²) < 4.78 is 67.8. The molecule has 2 aromatic rings. The maximum Gasteiger partial charge on any atom is 0.417 e.